The maximum Gasteiger partial charge on any atom is 0.282 e. The molecule has 0 saturated heterocycles. The van der Waals surface area contributed by atoms with Crippen LogP contribution in [0.3, 0.4) is 0 Å². The molecule has 0 aromatic carbocycles. The third kappa shape index (κ3) is 4.34. The van der Waals surface area contributed by atoms with Crippen LogP contribution in [0.2, 0.25) is 0 Å². The number of nitrogens with zero attached hydrogens (tertiary/aromatic N) is 4. The molecule has 8 nitrogen and oxygen atoms in total. The molecule has 0 bridgehead atoms. The second-order valence-electron chi connectivity index (χ2n) is 6.86. The number of aldehydes is 1. The van der Waals surface area contributed by atoms with Crippen LogP contribution < -0.4 is 5.32 Å². The highest BCUT2D eigenvalue weighted by atomic mass is 32.2. The Bertz CT molecular complexity index is 938. The van der Waals surface area contributed by atoms with Gasteiger partial charge in [-0.1, -0.05) is 19.3 Å². The third-order valence-corrected chi connectivity index (χ3v) is 5.76. The summed E-state index contributed by atoms with van der Waals surface area (Å²) < 4.78 is 50.9. The molecule has 11 heteroatoms. The van der Waals surface area contributed by atoms with Crippen molar-refractivity contribution >= 4 is 21.9 Å². The molecule has 0 aliphatic heterocycles. The summed E-state index contributed by atoms with van der Waals surface area (Å²) in [6.45, 7) is 0.518. The van der Waals surface area contributed by atoms with E-state index in [9.17, 15) is 22.0 Å². The Morgan fingerprint density at radius 2 is 1.96 bits per heavy atom. The van der Waals surface area contributed by atoms with Crippen LogP contribution in [0.5, 0.6) is 0 Å². The van der Waals surface area contributed by atoms with E-state index >= 15 is 0 Å². The second kappa shape index (κ2) is 8.29. The highest BCUT2D eigenvalue weighted by molar-refractivity contribution is 7.90. The topological polar surface area (TPSA) is 107 Å². The van der Waals surface area contributed by atoms with E-state index in [4.69, 9.17) is 0 Å². The predicted octanol–water partition coefficient (Wildman–Crippen LogP) is 2.81. The van der Waals surface area contributed by atoms with Crippen LogP contribution in [0.15, 0.2) is 17.2 Å². The number of anilines is 1. The number of aromatic nitrogens is 4. The molecule has 2 aromatic heterocycles. The zero-order valence-electron chi connectivity index (χ0n) is 15.3. The first kappa shape index (κ1) is 20.3. The highest BCUT2D eigenvalue weighted by Gasteiger charge is 2.26. The lowest BCUT2D eigenvalue weighted by Crippen LogP contribution is -2.19. The summed E-state index contributed by atoms with van der Waals surface area (Å²) >= 11 is 0. The lowest BCUT2D eigenvalue weighted by molar-refractivity contribution is 0.110. The normalized spacial score (nSPS) is 15.7. The Hall–Kier alpha value is -2.43. The molecule has 3 rings (SSSR count). The van der Waals surface area contributed by atoms with Crippen molar-refractivity contribution in [2.45, 2.75) is 43.6 Å². The quantitative estimate of drug-likeness (QED) is 0.696. The smallest absolute Gasteiger partial charge is 0.282 e. The van der Waals surface area contributed by atoms with Crippen molar-refractivity contribution in [1.29, 1.82) is 0 Å². The molecule has 2 heterocycles. The molecule has 1 saturated carbocycles. The van der Waals surface area contributed by atoms with E-state index < -0.39 is 22.0 Å². The first-order chi connectivity index (χ1) is 13.3. The van der Waals surface area contributed by atoms with Gasteiger partial charge in [-0.05, 0) is 30.9 Å². The Kier molecular flexibility index (Phi) is 6.01. The molecule has 0 atom stereocenters. The van der Waals surface area contributed by atoms with Gasteiger partial charge in [-0.15, -0.1) is 10.2 Å². The fraction of sp³-hybridized carbons (Fsp3) is 0.529. The number of rotatable bonds is 7. The molecule has 0 spiro atoms. The summed E-state index contributed by atoms with van der Waals surface area (Å²) in [7, 11) is -3.55. The van der Waals surface area contributed by atoms with E-state index in [1.807, 2.05) is 0 Å². The van der Waals surface area contributed by atoms with Crippen LogP contribution in [-0.4, -0.2) is 47.5 Å². The number of carbonyl (C=O) groups excluding carboxylic acids is 1. The molecular weight excluding hydrogens is 392 g/mol. The minimum absolute atomic E-state index is 0.0357. The molecule has 1 aliphatic rings. The van der Waals surface area contributed by atoms with Crippen molar-refractivity contribution in [3.05, 3.63) is 23.4 Å². The van der Waals surface area contributed by atoms with Crippen LogP contribution in [0.25, 0.3) is 5.82 Å². The lowest BCUT2D eigenvalue weighted by Gasteiger charge is -2.22. The Balaban J connectivity index is 1.97. The molecule has 28 heavy (non-hydrogen) atoms. The number of sulfone groups is 1. The van der Waals surface area contributed by atoms with Gasteiger partial charge >= 0.3 is 0 Å². The molecular formula is C17H21F2N5O3S. The number of halogens is 2. The minimum Gasteiger partial charge on any atom is -0.369 e. The van der Waals surface area contributed by atoms with Crippen LogP contribution >= 0.6 is 0 Å². The van der Waals surface area contributed by atoms with Crippen molar-refractivity contribution < 1.29 is 22.0 Å². The number of nitrogens with one attached hydrogen (secondary N) is 1. The van der Waals surface area contributed by atoms with Crippen molar-refractivity contribution in [1.82, 2.24) is 20.0 Å². The number of hydrogen-bond acceptors (Lipinski definition) is 7. The lowest BCUT2D eigenvalue weighted by atomic mass is 9.89. The molecule has 2 aromatic rings. The molecule has 0 unspecified atom stereocenters. The molecule has 1 fully saturated rings. The number of alkyl halides is 2. The zero-order valence-corrected chi connectivity index (χ0v) is 16.1. The van der Waals surface area contributed by atoms with Gasteiger partial charge in [0.2, 0.25) is 0 Å². The molecule has 152 valence electrons. The average molecular weight is 413 g/mol. The number of hydrogen-bond donors (Lipinski definition) is 1. The fourth-order valence-electron chi connectivity index (χ4n) is 3.32. The summed E-state index contributed by atoms with van der Waals surface area (Å²) in [5, 5.41) is 14.1. The summed E-state index contributed by atoms with van der Waals surface area (Å²) in [6.07, 6.45) is 3.86. The largest absolute Gasteiger partial charge is 0.369 e. The van der Waals surface area contributed by atoms with E-state index in [1.165, 1.54) is 18.6 Å². The van der Waals surface area contributed by atoms with E-state index in [0.717, 1.165) is 36.6 Å². The fourth-order valence-corrected chi connectivity index (χ4v) is 3.82. The van der Waals surface area contributed by atoms with Gasteiger partial charge in [-0.2, -0.15) is 9.78 Å². The van der Waals surface area contributed by atoms with Gasteiger partial charge < -0.3 is 5.32 Å². The summed E-state index contributed by atoms with van der Waals surface area (Å²) in [6, 6.07) is 2.53. The van der Waals surface area contributed by atoms with Gasteiger partial charge in [0, 0.05) is 12.8 Å². The van der Waals surface area contributed by atoms with E-state index in [2.05, 4.69) is 20.6 Å². The van der Waals surface area contributed by atoms with Crippen molar-refractivity contribution in [3.8, 4) is 5.82 Å². The average Bonchev–Trinajstić information content (AvgIpc) is 3.05. The van der Waals surface area contributed by atoms with Gasteiger partial charge in [0.05, 0.1) is 5.56 Å². The van der Waals surface area contributed by atoms with Gasteiger partial charge in [-0.3, -0.25) is 4.79 Å². The van der Waals surface area contributed by atoms with Gasteiger partial charge in [0.15, 0.2) is 27.0 Å². The van der Waals surface area contributed by atoms with Gasteiger partial charge in [0.25, 0.3) is 6.43 Å². The monoisotopic (exact) mass is 413 g/mol. The van der Waals surface area contributed by atoms with Gasteiger partial charge in [0.1, 0.15) is 11.5 Å². The standard InChI is InChI=1S/C17H21F2N5O3S/c1-28(26,27)14-8-7-13(21-22-14)24-17(12(10-25)15(23-24)16(18)19)20-9-11-5-3-2-4-6-11/h7-8,10-11,16,20H,2-6,9H2,1H3. The molecule has 0 radical (unpaired) electrons. The predicted molar refractivity (Wildman–Crippen MR) is 97.7 cm³/mol. The number of carbonyl (C=O) groups is 1. The Morgan fingerprint density at radius 3 is 2.50 bits per heavy atom. The van der Waals surface area contributed by atoms with E-state index in [0.29, 0.717) is 18.7 Å². The first-order valence-corrected chi connectivity index (χ1v) is 10.8. The summed E-state index contributed by atoms with van der Waals surface area (Å²) in [4.78, 5) is 11.5. The van der Waals surface area contributed by atoms with Crippen molar-refractivity contribution in [2.24, 2.45) is 5.92 Å². The minimum atomic E-state index is -3.55. The Morgan fingerprint density at radius 1 is 1.25 bits per heavy atom. The maximum atomic E-state index is 13.4. The Labute approximate surface area is 161 Å². The summed E-state index contributed by atoms with van der Waals surface area (Å²) in [5.41, 5.74) is -0.894. The van der Waals surface area contributed by atoms with Crippen molar-refractivity contribution in [2.75, 3.05) is 18.1 Å². The summed E-state index contributed by atoms with van der Waals surface area (Å²) in [5.74, 6) is 0.524. The van der Waals surface area contributed by atoms with E-state index in [1.54, 1.807) is 0 Å². The first-order valence-electron chi connectivity index (χ1n) is 8.95. The van der Waals surface area contributed by atoms with Gasteiger partial charge in [-0.25, -0.2) is 17.2 Å². The second-order valence-corrected chi connectivity index (χ2v) is 8.83. The highest BCUT2D eigenvalue weighted by Crippen LogP contribution is 2.30. The molecule has 1 aliphatic carbocycles. The van der Waals surface area contributed by atoms with Crippen LogP contribution in [0.1, 0.15) is 54.6 Å². The maximum absolute atomic E-state index is 13.4. The SMILES string of the molecule is CS(=O)(=O)c1ccc(-n2nc(C(F)F)c(C=O)c2NCC2CCCCC2)nn1. The zero-order chi connectivity index (χ0) is 20.3. The van der Waals surface area contributed by atoms with E-state index in [-0.39, 0.29) is 22.2 Å². The third-order valence-electron chi connectivity index (χ3n) is 4.78. The molecule has 0 amide bonds. The van der Waals surface area contributed by atoms with Crippen LogP contribution in [-0.2, 0) is 9.84 Å². The molecule has 1 N–H and O–H groups in total. The van der Waals surface area contributed by atoms with Crippen LogP contribution in [0.4, 0.5) is 14.6 Å². The van der Waals surface area contributed by atoms with Crippen molar-refractivity contribution in [3.63, 3.8) is 0 Å². The van der Waals surface area contributed by atoms with Crippen LogP contribution in [0, 0.1) is 5.92 Å².